The van der Waals surface area contributed by atoms with Crippen molar-refractivity contribution >= 4 is 10.8 Å². The fourth-order valence-electron chi connectivity index (χ4n) is 2.14. The van der Waals surface area contributed by atoms with Crippen molar-refractivity contribution < 1.29 is 5.11 Å². The molecule has 84 valence electrons. The van der Waals surface area contributed by atoms with Crippen LogP contribution in [0.2, 0.25) is 0 Å². The molecule has 0 fully saturated rings. The van der Waals surface area contributed by atoms with Gasteiger partial charge in [0.1, 0.15) is 5.75 Å². The van der Waals surface area contributed by atoms with E-state index < -0.39 is 0 Å². The Balaban J connectivity index is 2.34. The number of phenols is 1. The molecule has 2 aromatic rings. The Morgan fingerprint density at radius 2 is 1.88 bits per heavy atom. The highest BCUT2D eigenvalue weighted by Gasteiger charge is 2.02. The lowest BCUT2D eigenvalue weighted by Gasteiger charge is -2.07. The number of hydrogen-bond donors (Lipinski definition) is 1. The molecule has 0 aliphatic rings. The number of benzene rings is 2. The van der Waals surface area contributed by atoms with Gasteiger partial charge in [0, 0.05) is 0 Å². The lowest BCUT2D eigenvalue weighted by molar-refractivity contribution is 0.475. The average molecular weight is 214 g/mol. The van der Waals surface area contributed by atoms with E-state index in [0.29, 0.717) is 5.75 Å². The van der Waals surface area contributed by atoms with Crippen molar-refractivity contribution in [2.45, 2.75) is 32.6 Å². The van der Waals surface area contributed by atoms with Crippen LogP contribution >= 0.6 is 0 Å². The van der Waals surface area contributed by atoms with Gasteiger partial charge in [-0.05, 0) is 41.3 Å². The van der Waals surface area contributed by atoms with Gasteiger partial charge in [-0.15, -0.1) is 0 Å². The molecule has 16 heavy (non-hydrogen) atoms. The summed E-state index contributed by atoms with van der Waals surface area (Å²) >= 11 is 0. The molecule has 0 aliphatic heterocycles. The van der Waals surface area contributed by atoms with Crippen LogP contribution in [0.3, 0.4) is 0 Å². The van der Waals surface area contributed by atoms with E-state index in [2.05, 4.69) is 25.1 Å². The third kappa shape index (κ3) is 2.35. The molecule has 0 unspecified atom stereocenters. The molecule has 0 aliphatic carbocycles. The maximum atomic E-state index is 9.67. The average Bonchev–Trinajstić information content (AvgIpc) is 2.29. The lowest BCUT2D eigenvalue weighted by Crippen LogP contribution is -1.88. The van der Waals surface area contributed by atoms with Crippen molar-refractivity contribution in [3.05, 3.63) is 42.0 Å². The highest BCUT2D eigenvalue weighted by Crippen LogP contribution is 2.25. The standard InChI is InChI=1S/C15H18O/c1-2-3-4-7-12-10-14(16)11-13-8-5-6-9-15(12)13/h5-6,8-11,16H,2-4,7H2,1H3. The van der Waals surface area contributed by atoms with Gasteiger partial charge in [0.2, 0.25) is 0 Å². The van der Waals surface area contributed by atoms with Crippen LogP contribution in [-0.2, 0) is 6.42 Å². The molecule has 0 saturated carbocycles. The van der Waals surface area contributed by atoms with Crippen LogP contribution < -0.4 is 0 Å². The first-order valence-electron chi connectivity index (χ1n) is 6.02. The number of rotatable bonds is 4. The fourth-order valence-corrected chi connectivity index (χ4v) is 2.14. The summed E-state index contributed by atoms with van der Waals surface area (Å²) < 4.78 is 0. The SMILES string of the molecule is CCCCCc1cc(O)cc2ccccc12. The van der Waals surface area contributed by atoms with Crippen molar-refractivity contribution in [1.82, 2.24) is 0 Å². The highest BCUT2D eigenvalue weighted by atomic mass is 16.3. The van der Waals surface area contributed by atoms with Crippen LogP contribution in [0, 0.1) is 0 Å². The molecule has 0 aromatic heterocycles. The zero-order chi connectivity index (χ0) is 11.4. The lowest BCUT2D eigenvalue weighted by atomic mass is 9.99. The maximum absolute atomic E-state index is 9.67. The number of fused-ring (bicyclic) bond motifs is 1. The van der Waals surface area contributed by atoms with Gasteiger partial charge in [-0.2, -0.15) is 0 Å². The normalized spacial score (nSPS) is 10.8. The van der Waals surface area contributed by atoms with Crippen LogP contribution in [-0.4, -0.2) is 5.11 Å². The summed E-state index contributed by atoms with van der Waals surface area (Å²) in [6, 6.07) is 12.0. The predicted octanol–water partition coefficient (Wildman–Crippen LogP) is 4.28. The van der Waals surface area contributed by atoms with E-state index in [-0.39, 0.29) is 0 Å². The summed E-state index contributed by atoms with van der Waals surface area (Å²) in [6.07, 6.45) is 4.74. The Labute approximate surface area is 96.7 Å². The number of phenolic OH excluding ortho intramolecular Hbond substituents is 1. The molecule has 0 radical (unpaired) electrons. The molecule has 1 N–H and O–H groups in total. The molecule has 0 spiro atoms. The van der Waals surface area contributed by atoms with Gasteiger partial charge in [-0.3, -0.25) is 0 Å². The van der Waals surface area contributed by atoms with E-state index in [4.69, 9.17) is 0 Å². The van der Waals surface area contributed by atoms with Crippen LogP contribution in [0.15, 0.2) is 36.4 Å². The summed E-state index contributed by atoms with van der Waals surface area (Å²) in [7, 11) is 0. The molecule has 1 nitrogen and oxygen atoms in total. The van der Waals surface area contributed by atoms with E-state index in [0.717, 1.165) is 11.8 Å². The van der Waals surface area contributed by atoms with Gasteiger partial charge < -0.3 is 5.11 Å². The largest absolute Gasteiger partial charge is 0.508 e. The van der Waals surface area contributed by atoms with Crippen LogP contribution in [0.1, 0.15) is 31.7 Å². The summed E-state index contributed by atoms with van der Waals surface area (Å²) in [4.78, 5) is 0. The molecule has 0 amide bonds. The molecule has 0 heterocycles. The van der Waals surface area contributed by atoms with Gasteiger partial charge in [0.15, 0.2) is 0 Å². The minimum Gasteiger partial charge on any atom is -0.508 e. The fraction of sp³-hybridized carbons (Fsp3) is 0.333. The topological polar surface area (TPSA) is 20.2 Å². The Morgan fingerprint density at radius 1 is 1.06 bits per heavy atom. The van der Waals surface area contributed by atoms with Crippen LogP contribution in [0.5, 0.6) is 5.75 Å². The number of hydrogen-bond acceptors (Lipinski definition) is 1. The van der Waals surface area contributed by atoms with Crippen molar-refractivity contribution in [2.75, 3.05) is 0 Å². The first-order valence-corrected chi connectivity index (χ1v) is 6.02. The van der Waals surface area contributed by atoms with E-state index in [9.17, 15) is 5.11 Å². The smallest absolute Gasteiger partial charge is 0.116 e. The van der Waals surface area contributed by atoms with Gasteiger partial charge >= 0.3 is 0 Å². The summed E-state index contributed by atoms with van der Waals surface area (Å²) in [5.74, 6) is 0.380. The third-order valence-corrected chi connectivity index (χ3v) is 2.98. The molecular weight excluding hydrogens is 196 g/mol. The van der Waals surface area contributed by atoms with Gasteiger partial charge in [0.25, 0.3) is 0 Å². The Bertz CT molecular complexity index is 474. The van der Waals surface area contributed by atoms with Gasteiger partial charge in [-0.1, -0.05) is 44.0 Å². The van der Waals surface area contributed by atoms with E-state index in [1.807, 2.05) is 18.2 Å². The summed E-state index contributed by atoms with van der Waals surface area (Å²) in [5, 5.41) is 12.1. The zero-order valence-corrected chi connectivity index (χ0v) is 9.74. The quantitative estimate of drug-likeness (QED) is 0.753. The van der Waals surface area contributed by atoms with E-state index in [1.165, 1.54) is 30.2 Å². The minimum absolute atomic E-state index is 0.380. The van der Waals surface area contributed by atoms with E-state index >= 15 is 0 Å². The second-order valence-corrected chi connectivity index (χ2v) is 4.28. The second-order valence-electron chi connectivity index (χ2n) is 4.28. The molecule has 0 saturated heterocycles. The Hall–Kier alpha value is -1.50. The number of aryl methyl sites for hydroxylation is 1. The summed E-state index contributed by atoms with van der Waals surface area (Å²) in [6.45, 7) is 2.21. The minimum atomic E-state index is 0.380. The zero-order valence-electron chi connectivity index (χ0n) is 9.74. The van der Waals surface area contributed by atoms with Crippen molar-refractivity contribution in [3.8, 4) is 5.75 Å². The molecule has 0 atom stereocenters. The van der Waals surface area contributed by atoms with Crippen LogP contribution in [0.25, 0.3) is 10.8 Å². The first-order chi connectivity index (χ1) is 7.81. The third-order valence-electron chi connectivity index (χ3n) is 2.98. The molecular formula is C15H18O. The van der Waals surface area contributed by atoms with Crippen molar-refractivity contribution in [3.63, 3.8) is 0 Å². The van der Waals surface area contributed by atoms with Gasteiger partial charge in [0.05, 0.1) is 0 Å². The van der Waals surface area contributed by atoms with Crippen LogP contribution in [0.4, 0.5) is 0 Å². The maximum Gasteiger partial charge on any atom is 0.116 e. The summed E-state index contributed by atoms with van der Waals surface area (Å²) in [5.41, 5.74) is 1.27. The molecule has 1 heteroatoms. The molecule has 2 aromatic carbocycles. The number of unbranched alkanes of at least 4 members (excludes halogenated alkanes) is 2. The highest BCUT2D eigenvalue weighted by molar-refractivity contribution is 5.87. The second kappa shape index (κ2) is 5.02. The molecule has 2 rings (SSSR count). The first kappa shape index (κ1) is 11.0. The van der Waals surface area contributed by atoms with Crippen molar-refractivity contribution in [1.29, 1.82) is 0 Å². The Morgan fingerprint density at radius 3 is 2.69 bits per heavy atom. The predicted molar refractivity (Wildman–Crippen MR) is 68.8 cm³/mol. The molecule has 0 bridgehead atoms. The van der Waals surface area contributed by atoms with E-state index in [1.54, 1.807) is 0 Å². The monoisotopic (exact) mass is 214 g/mol. The van der Waals surface area contributed by atoms with Gasteiger partial charge in [-0.25, -0.2) is 0 Å². The Kier molecular flexibility index (Phi) is 3.45. The van der Waals surface area contributed by atoms with Crippen molar-refractivity contribution in [2.24, 2.45) is 0 Å². The number of aromatic hydroxyl groups is 1.